The van der Waals surface area contributed by atoms with Gasteiger partial charge in [0.15, 0.2) is 0 Å². The van der Waals surface area contributed by atoms with Crippen LogP contribution in [-0.2, 0) is 19.1 Å². The van der Waals surface area contributed by atoms with Crippen LogP contribution in [0, 0.1) is 6.92 Å². The number of imide groups is 1. The Balaban J connectivity index is 1.91. The van der Waals surface area contributed by atoms with Crippen LogP contribution in [0.5, 0.6) is 0 Å². The maximum absolute atomic E-state index is 11.9. The van der Waals surface area contributed by atoms with Crippen LogP contribution in [0.15, 0.2) is 18.2 Å². The van der Waals surface area contributed by atoms with E-state index in [0.29, 0.717) is 11.4 Å². The zero-order valence-corrected chi connectivity index (χ0v) is 11.7. The number of hydrogen-bond donors (Lipinski definition) is 2. The van der Waals surface area contributed by atoms with E-state index in [2.05, 4.69) is 5.32 Å². The van der Waals surface area contributed by atoms with Crippen LogP contribution in [-0.4, -0.2) is 42.4 Å². The Hall–Kier alpha value is -2.41. The van der Waals surface area contributed by atoms with E-state index in [-0.39, 0.29) is 32.1 Å². The molecule has 0 aromatic heterocycles. The van der Waals surface area contributed by atoms with E-state index in [1.54, 1.807) is 18.2 Å². The highest BCUT2D eigenvalue weighted by Gasteiger charge is 2.26. The largest absolute Gasteiger partial charge is 0.399 e. The number of benzene rings is 1. The van der Waals surface area contributed by atoms with E-state index in [0.717, 1.165) is 10.5 Å². The van der Waals surface area contributed by atoms with Gasteiger partial charge in [0.25, 0.3) is 11.8 Å². The Kier molecular flexibility index (Phi) is 4.54. The maximum Gasteiger partial charge on any atom is 0.255 e. The van der Waals surface area contributed by atoms with Gasteiger partial charge in [0, 0.05) is 24.3 Å². The standard InChI is InChI=1S/C14H17N3O4/c1-9-2-3-10(15)6-11(9)16-12(18)4-5-17-13(19)7-21-8-14(17)20/h2-3,6H,4-5,7-8,15H2,1H3,(H,16,18). The third-order valence-electron chi connectivity index (χ3n) is 3.15. The van der Waals surface area contributed by atoms with Crippen molar-refractivity contribution in [3.63, 3.8) is 0 Å². The van der Waals surface area contributed by atoms with Crippen LogP contribution in [0.4, 0.5) is 11.4 Å². The highest BCUT2D eigenvalue weighted by molar-refractivity contribution is 5.99. The van der Waals surface area contributed by atoms with E-state index >= 15 is 0 Å². The summed E-state index contributed by atoms with van der Waals surface area (Å²) in [6.45, 7) is 1.65. The predicted molar refractivity (Wildman–Crippen MR) is 76.4 cm³/mol. The second-order valence-electron chi connectivity index (χ2n) is 4.80. The van der Waals surface area contributed by atoms with Crippen molar-refractivity contribution < 1.29 is 19.1 Å². The number of nitrogens with zero attached hydrogens (tertiary/aromatic N) is 1. The van der Waals surface area contributed by atoms with Gasteiger partial charge in [-0.05, 0) is 24.6 Å². The van der Waals surface area contributed by atoms with Crippen LogP contribution in [0.2, 0.25) is 0 Å². The lowest BCUT2D eigenvalue weighted by atomic mass is 10.2. The molecule has 1 saturated heterocycles. The average molecular weight is 291 g/mol. The second-order valence-corrected chi connectivity index (χ2v) is 4.80. The first-order valence-electron chi connectivity index (χ1n) is 6.54. The summed E-state index contributed by atoms with van der Waals surface area (Å²) in [4.78, 5) is 36.0. The summed E-state index contributed by atoms with van der Waals surface area (Å²) in [7, 11) is 0. The van der Waals surface area contributed by atoms with Gasteiger partial charge in [0.05, 0.1) is 0 Å². The Labute approximate surface area is 122 Å². The summed E-state index contributed by atoms with van der Waals surface area (Å²) >= 11 is 0. The first-order valence-corrected chi connectivity index (χ1v) is 6.54. The molecule has 1 aromatic carbocycles. The van der Waals surface area contributed by atoms with Crippen LogP contribution >= 0.6 is 0 Å². The molecule has 1 aliphatic heterocycles. The lowest BCUT2D eigenvalue weighted by Gasteiger charge is -2.24. The van der Waals surface area contributed by atoms with Gasteiger partial charge < -0.3 is 15.8 Å². The number of nitrogens with two attached hydrogens (primary N) is 1. The molecule has 21 heavy (non-hydrogen) atoms. The fourth-order valence-electron chi connectivity index (χ4n) is 1.97. The lowest BCUT2D eigenvalue weighted by Crippen LogP contribution is -2.47. The minimum Gasteiger partial charge on any atom is -0.399 e. The van der Waals surface area contributed by atoms with Crippen LogP contribution in [0.25, 0.3) is 0 Å². The number of morpholine rings is 1. The van der Waals surface area contributed by atoms with E-state index in [4.69, 9.17) is 10.5 Å². The third-order valence-corrected chi connectivity index (χ3v) is 3.15. The molecule has 0 saturated carbocycles. The highest BCUT2D eigenvalue weighted by atomic mass is 16.5. The highest BCUT2D eigenvalue weighted by Crippen LogP contribution is 2.18. The van der Waals surface area contributed by atoms with Crippen LogP contribution in [0.3, 0.4) is 0 Å². The number of nitrogens with one attached hydrogen (secondary N) is 1. The van der Waals surface area contributed by atoms with Gasteiger partial charge in [-0.25, -0.2) is 0 Å². The Morgan fingerprint density at radius 1 is 1.33 bits per heavy atom. The van der Waals surface area contributed by atoms with E-state index in [1.165, 1.54) is 0 Å². The number of carbonyl (C=O) groups is 3. The molecule has 0 radical (unpaired) electrons. The number of aryl methyl sites for hydroxylation is 1. The average Bonchev–Trinajstić information content (AvgIpc) is 2.42. The molecule has 7 nitrogen and oxygen atoms in total. The van der Waals surface area contributed by atoms with Gasteiger partial charge in [-0.2, -0.15) is 0 Å². The molecule has 0 atom stereocenters. The first-order chi connectivity index (χ1) is 9.97. The molecule has 3 N–H and O–H groups in total. The fourth-order valence-corrected chi connectivity index (χ4v) is 1.97. The van der Waals surface area contributed by atoms with Crippen molar-refractivity contribution in [2.75, 3.05) is 30.8 Å². The van der Waals surface area contributed by atoms with Crippen molar-refractivity contribution >= 4 is 29.1 Å². The predicted octanol–water partition coefficient (Wildman–Crippen LogP) is 0.291. The second kappa shape index (κ2) is 6.36. The van der Waals surface area contributed by atoms with Gasteiger partial charge in [0.2, 0.25) is 5.91 Å². The summed E-state index contributed by atoms with van der Waals surface area (Å²) in [6, 6.07) is 5.22. The monoisotopic (exact) mass is 291 g/mol. The number of amides is 3. The number of rotatable bonds is 4. The molecule has 1 heterocycles. The molecule has 1 aliphatic rings. The number of carbonyl (C=O) groups excluding carboxylic acids is 3. The molecule has 112 valence electrons. The van der Waals surface area contributed by atoms with Crippen molar-refractivity contribution in [2.45, 2.75) is 13.3 Å². The molecule has 3 amide bonds. The number of ether oxygens (including phenoxy) is 1. The van der Waals surface area contributed by atoms with E-state index in [9.17, 15) is 14.4 Å². The molecule has 1 aromatic rings. The molecule has 7 heteroatoms. The SMILES string of the molecule is Cc1ccc(N)cc1NC(=O)CCN1C(=O)COCC1=O. The van der Waals surface area contributed by atoms with Crippen LogP contribution in [0.1, 0.15) is 12.0 Å². The van der Waals surface area contributed by atoms with Crippen molar-refractivity contribution in [2.24, 2.45) is 0 Å². The summed E-state index contributed by atoms with van der Waals surface area (Å²) in [5.74, 6) is -1.12. The Morgan fingerprint density at radius 2 is 2.00 bits per heavy atom. The van der Waals surface area contributed by atoms with Crippen molar-refractivity contribution in [3.8, 4) is 0 Å². The van der Waals surface area contributed by atoms with Gasteiger partial charge in [-0.1, -0.05) is 6.07 Å². The Morgan fingerprint density at radius 3 is 2.67 bits per heavy atom. The van der Waals surface area contributed by atoms with E-state index in [1.807, 2.05) is 6.92 Å². The molecule has 0 spiro atoms. The van der Waals surface area contributed by atoms with E-state index < -0.39 is 11.8 Å². The maximum atomic E-state index is 11.9. The minimum absolute atomic E-state index is 0.0335. The molecular weight excluding hydrogens is 274 g/mol. The van der Waals surface area contributed by atoms with Gasteiger partial charge >= 0.3 is 0 Å². The molecule has 1 fully saturated rings. The zero-order valence-electron chi connectivity index (χ0n) is 11.7. The van der Waals surface area contributed by atoms with Crippen molar-refractivity contribution in [1.29, 1.82) is 0 Å². The number of hydrogen-bond acceptors (Lipinski definition) is 5. The molecule has 0 aliphatic carbocycles. The normalized spacial score (nSPS) is 15.2. The van der Waals surface area contributed by atoms with Gasteiger partial charge in [0.1, 0.15) is 13.2 Å². The minimum atomic E-state index is -0.417. The fraction of sp³-hybridized carbons (Fsp3) is 0.357. The molecule has 0 bridgehead atoms. The van der Waals surface area contributed by atoms with Crippen molar-refractivity contribution in [3.05, 3.63) is 23.8 Å². The van der Waals surface area contributed by atoms with Crippen LogP contribution < -0.4 is 11.1 Å². The van der Waals surface area contributed by atoms with Gasteiger partial charge in [-0.15, -0.1) is 0 Å². The third kappa shape index (κ3) is 3.79. The lowest BCUT2D eigenvalue weighted by molar-refractivity contribution is -0.158. The first kappa shape index (κ1) is 15.0. The quantitative estimate of drug-likeness (QED) is 0.613. The molecular formula is C14H17N3O4. The van der Waals surface area contributed by atoms with Gasteiger partial charge in [-0.3, -0.25) is 19.3 Å². The summed E-state index contributed by atoms with van der Waals surface area (Å²) in [6.07, 6.45) is 0.0335. The Bertz CT molecular complexity index is 570. The number of anilines is 2. The summed E-state index contributed by atoms with van der Waals surface area (Å²) in [5, 5.41) is 2.72. The van der Waals surface area contributed by atoms with Crippen molar-refractivity contribution in [1.82, 2.24) is 4.90 Å². The molecule has 2 rings (SSSR count). The smallest absolute Gasteiger partial charge is 0.255 e. The number of nitrogen functional groups attached to an aromatic ring is 1. The summed E-state index contributed by atoms with van der Waals surface area (Å²) in [5.41, 5.74) is 7.73. The summed E-state index contributed by atoms with van der Waals surface area (Å²) < 4.78 is 4.80. The molecule has 0 unspecified atom stereocenters. The topological polar surface area (TPSA) is 102 Å². The zero-order chi connectivity index (χ0) is 15.4.